The van der Waals surface area contributed by atoms with Crippen LogP contribution in [0.25, 0.3) is 0 Å². The third-order valence-electron chi connectivity index (χ3n) is 2.50. The van der Waals surface area contributed by atoms with E-state index in [0.717, 1.165) is 18.2 Å². The van der Waals surface area contributed by atoms with Crippen LogP contribution >= 0.6 is 15.9 Å². The molecule has 17 heavy (non-hydrogen) atoms. The van der Waals surface area contributed by atoms with Crippen molar-refractivity contribution in [1.29, 1.82) is 0 Å². The zero-order valence-corrected chi connectivity index (χ0v) is 11.8. The van der Waals surface area contributed by atoms with Crippen molar-refractivity contribution in [2.75, 3.05) is 5.33 Å². The molecular weight excluding hydrogens is 293 g/mol. The van der Waals surface area contributed by atoms with E-state index in [1.165, 1.54) is 25.7 Å². The number of hydrogen-bond donors (Lipinski definition) is 0. The fraction of sp³-hybridized carbons (Fsp3) is 0.846. The van der Waals surface area contributed by atoms with Gasteiger partial charge in [0.1, 0.15) is 0 Å². The van der Waals surface area contributed by atoms with Gasteiger partial charge >= 0.3 is 6.18 Å². The van der Waals surface area contributed by atoms with Gasteiger partial charge in [-0.3, -0.25) is 0 Å². The average Bonchev–Trinajstić information content (AvgIpc) is 2.24. The second kappa shape index (κ2) is 11.1. The molecule has 0 aromatic heterocycles. The fourth-order valence-electron chi connectivity index (χ4n) is 1.54. The molecule has 0 N–H and O–H groups in total. The highest BCUT2D eigenvalue weighted by molar-refractivity contribution is 9.09. The molecule has 0 radical (unpaired) electrons. The molecule has 0 spiro atoms. The van der Waals surface area contributed by atoms with Crippen molar-refractivity contribution in [2.45, 2.75) is 64.0 Å². The van der Waals surface area contributed by atoms with Gasteiger partial charge in [-0.15, -0.1) is 0 Å². The summed E-state index contributed by atoms with van der Waals surface area (Å²) >= 11 is 3.39. The SMILES string of the molecule is FC(F)(F)CCC/C=C/CCCCCCCBr. The van der Waals surface area contributed by atoms with Crippen LogP contribution in [-0.2, 0) is 0 Å². The summed E-state index contributed by atoms with van der Waals surface area (Å²) in [7, 11) is 0. The monoisotopic (exact) mass is 314 g/mol. The number of hydrogen-bond acceptors (Lipinski definition) is 0. The maximum absolute atomic E-state index is 11.8. The van der Waals surface area contributed by atoms with E-state index in [-0.39, 0.29) is 6.42 Å². The Balaban J connectivity index is 3.15. The number of allylic oxidation sites excluding steroid dienone is 2. The molecule has 0 aliphatic heterocycles. The van der Waals surface area contributed by atoms with Crippen molar-refractivity contribution in [3.05, 3.63) is 12.2 Å². The van der Waals surface area contributed by atoms with E-state index in [1.54, 1.807) is 0 Å². The van der Waals surface area contributed by atoms with Crippen LogP contribution in [0, 0.1) is 0 Å². The molecule has 0 aliphatic carbocycles. The molecule has 0 fully saturated rings. The van der Waals surface area contributed by atoms with Crippen LogP contribution in [0.15, 0.2) is 12.2 Å². The van der Waals surface area contributed by atoms with Crippen LogP contribution in [0.1, 0.15) is 57.8 Å². The van der Waals surface area contributed by atoms with Gasteiger partial charge in [0.15, 0.2) is 0 Å². The zero-order chi connectivity index (χ0) is 13.0. The van der Waals surface area contributed by atoms with E-state index < -0.39 is 12.6 Å². The Kier molecular flexibility index (Phi) is 11.1. The van der Waals surface area contributed by atoms with E-state index >= 15 is 0 Å². The first-order valence-electron chi connectivity index (χ1n) is 6.34. The Hall–Kier alpha value is 0.01000. The molecule has 0 rings (SSSR count). The van der Waals surface area contributed by atoms with Gasteiger partial charge in [-0.25, -0.2) is 0 Å². The molecule has 0 amide bonds. The van der Waals surface area contributed by atoms with Crippen molar-refractivity contribution in [1.82, 2.24) is 0 Å². The molecule has 0 saturated carbocycles. The molecule has 0 unspecified atom stereocenters. The molecule has 0 aliphatic rings. The summed E-state index contributed by atoms with van der Waals surface area (Å²) in [6.07, 6.45) is 7.12. The number of unbranched alkanes of at least 4 members (excludes halogenated alkanes) is 6. The predicted molar refractivity (Wildman–Crippen MR) is 70.5 cm³/mol. The topological polar surface area (TPSA) is 0 Å². The minimum absolute atomic E-state index is 0.214. The molecule has 102 valence electrons. The summed E-state index contributed by atoms with van der Waals surface area (Å²) < 4.78 is 35.4. The van der Waals surface area contributed by atoms with E-state index in [1.807, 2.05) is 12.2 Å². The van der Waals surface area contributed by atoms with Gasteiger partial charge in [-0.1, -0.05) is 47.3 Å². The van der Waals surface area contributed by atoms with Gasteiger partial charge in [0.05, 0.1) is 0 Å². The molecule has 0 bridgehead atoms. The van der Waals surface area contributed by atoms with E-state index in [2.05, 4.69) is 15.9 Å². The molecule has 0 heterocycles. The third kappa shape index (κ3) is 16.0. The van der Waals surface area contributed by atoms with Crippen molar-refractivity contribution in [3.63, 3.8) is 0 Å². The standard InChI is InChI=1S/C13H22BrF3/c14-12-10-8-6-4-2-1-3-5-7-9-11-13(15,16)17/h3,5H,1-2,4,6-12H2/b5-3+. The van der Waals surface area contributed by atoms with Crippen molar-refractivity contribution in [2.24, 2.45) is 0 Å². The van der Waals surface area contributed by atoms with Gasteiger partial charge in [-0.05, 0) is 32.1 Å². The Bertz CT molecular complexity index is 188. The third-order valence-corrected chi connectivity index (χ3v) is 3.06. The maximum Gasteiger partial charge on any atom is 0.389 e. The Labute approximate surface area is 111 Å². The number of halogens is 4. The molecule has 0 nitrogen and oxygen atoms in total. The van der Waals surface area contributed by atoms with Gasteiger partial charge < -0.3 is 0 Å². The van der Waals surface area contributed by atoms with E-state index in [0.29, 0.717) is 6.42 Å². The summed E-state index contributed by atoms with van der Waals surface area (Å²) in [5.41, 5.74) is 0. The molecule has 0 atom stereocenters. The highest BCUT2D eigenvalue weighted by atomic mass is 79.9. The second-order valence-electron chi connectivity index (χ2n) is 4.22. The van der Waals surface area contributed by atoms with Crippen molar-refractivity contribution >= 4 is 15.9 Å². The van der Waals surface area contributed by atoms with Crippen molar-refractivity contribution in [3.8, 4) is 0 Å². The zero-order valence-electron chi connectivity index (χ0n) is 10.2. The highest BCUT2D eigenvalue weighted by Crippen LogP contribution is 2.22. The van der Waals surface area contributed by atoms with Crippen LogP contribution in [0.3, 0.4) is 0 Å². The highest BCUT2D eigenvalue weighted by Gasteiger charge is 2.25. The Morgan fingerprint density at radius 2 is 1.29 bits per heavy atom. The normalized spacial score (nSPS) is 12.5. The van der Waals surface area contributed by atoms with Crippen LogP contribution in [0.2, 0.25) is 0 Å². The Morgan fingerprint density at radius 3 is 1.88 bits per heavy atom. The summed E-state index contributed by atoms with van der Waals surface area (Å²) in [4.78, 5) is 0. The fourth-order valence-corrected chi connectivity index (χ4v) is 1.94. The van der Waals surface area contributed by atoms with Gasteiger partial charge in [0, 0.05) is 11.8 Å². The van der Waals surface area contributed by atoms with Gasteiger partial charge in [-0.2, -0.15) is 13.2 Å². The maximum atomic E-state index is 11.8. The Morgan fingerprint density at radius 1 is 0.765 bits per heavy atom. The summed E-state index contributed by atoms with van der Waals surface area (Å²) in [6.45, 7) is 0. The summed E-state index contributed by atoms with van der Waals surface area (Å²) in [5.74, 6) is 0. The van der Waals surface area contributed by atoms with E-state index in [9.17, 15) is 13.2 Å². The smallest absolute Gasteiger partial charge is 0.171 e. The first kappa shape index (κ1) is 17.0. The summed E-state index contributed by atoms with van der Waals surface area (Å²) in [6, 6.07) is 0. The largest absolute Gasteiger partial charge is 0.389 e. The lowest BCUT2D eigenvalue weighted by molar-refractivity contribution is -0.135. The second-order valence-corrected chi connectivity index (χ2v) is 5.02. The molecule has 4 heteroatoms. The minimum atomic E-state index is -4.00. The average molecular weight is 315 g/mol. The van der Waals surface area contributed by atoms with Crippen molar-refractivity contribution < 1.29 is 13.2 Å². The molecular formula is C13H22BrF3. The minimum Gasteiger partial charge on any atom is -0.171 e. The summed E-state index contributed by atoms with van der Waals surface area (Å²) in [5, 5.41) is 1.08. The lowest BCUT2D eigenvalue weighted by Crippen LogP contribution is -2.05. The lowest BCUT2D eigenvalue weighted by atomic mass is 10.1. The molecule has 0 saturated heterocycles. The first-order valence-corrected chi connectivity index (χ1v) is 7.46. The number of rotatable bonds is 10. The van der Waals surface area contributed by atoms with E-state index in [4.69, 9.17) is 0 Å². The predicted octanol–water partition coefficient (Wildman–Crippen LogP) is 6.01. The van der Waals surface area contributed by atoms with Crippen LogP contribution in [-0.4, -0.2) is 11.5 Å². The number of alkyl halides is 4. The first-order chi connectivity index (χ1) is 8.06. The van der Waals surface area contributed by atoms with Gasteiger partial charge in [0.25, 0.3) is 0 Å². The molecule has 0 aromatic rings. The molecule has 0 aromatic carbocycles. The quantitative estimate of drug-likeness (QED) is 0.263. The lowest BCUT2D eigenvalue weighted by Gasteiger charge is -2.03. The van der Waals surface area contributed by atoms with Gasteiger partial charge in [0.2, 0.25) is 0 Å². The van der Waals surface area contributed by atoms with Crippen LogP contribution < -0.4 is 0 Å². The van der Waals surface area contributed by atoms with Crippen LogP contribution in [0.5, 0.6) is 0 Å². The van der Waals surface area contributed by atoms with Crippen LogP contribution in [0.4, 0.5) is 13.2 Å².